The maximum atomic E-state index is 11.4. The molecule has 0 aliphatic carbocycles. The summed E-state index contributed by atoms with van der Waals surface area (Å²) in [5.41, 5.74) is 7.49. The molecule has 108 valence electrons. The van der Waals surface area contributed by atoms with E-state index >= 15 is 0 Å². The van der Waals surface area contributed by atoms with Gasteiger partial charge in [-0.15, -0.1) is 0 Å². The highest BCUT2D eigenvalue weighted by Gasteiger charge is 2.17. The minimum Gasteiger partial charge on any atom is -0.383 e. The zero-order chi connectivity index (χ0) is 15.1. The molecule has 0 aliphatic rings. The molecule has 0 aliphatic heterocycles. The molecule has 0 saturated heterocycles. The Morgan fingerprint density at radius 1 is 1.30 bits per heavy atom. The normalized spacial score (nSPS) is 13.4. The second kappa shape index (κ2) is 5.10. The molecule has 0 saturated carbocycles. The van der Waals surface area contributed by atoms with Crippen molar-refractivity contribution in [3.8, 4) is 0 Å². The lowest BCUT2D eigenvalue weighted by molar-refractivity contribution is 0.568. The summed E-state index contributed by atoms with van der Waals surface area (Å²) in [5, 5.41) is 4.75. The van der Waals surface area contributed by atoms with E-state index in [0.29, 0.717) is 16.5 Å². The molecular formula is C13H16ClN3O2S. The molecule has 20 heavy (non-hydrogen) atoms. The van der Waals surface area contributed by atoms with Crippen molar-refractivity contribution in [3.63, 3.8) is 0 Å². The molecule has 0 bridgehead atoms. The predicted octanol–water partition coefficient (Wildman–Crippen LogP) is 2.44. The van der Waals surface area contributed by atoms with Crippen LogP contribution in [0.4, 0.5) is 5.82 Å². The summed E-state index contributed by atoms with van der Waals surface area (Å²) in [6, 6.07) is 6.54. The highest BCUT2D eigenvalue weighted by molar-refractivity contribution is 7.90. The number of nitrogens with zero attached hydrogens (tertiary/aromatic N) is 2. The summed E-state index contributed by atoms with van der Waals surface area (Å²) in [6.07, 6.45) is 1.18. The SMILES string of the molecule is Cc1nn(C(C)c2ccc(S(C)(=O)=O)cc2)c(N)c1Cl. The first kappa shape index (κ1) is 14.9. The lowest BCUT2D eigenvalue weighted by Gasteiger charge is -2.14. The van der Waals surface area contributed by atoms with E-state index < -0.39 is 9.84 Å². The third-order valence-corrected chi connectivity index (χ3v) is 4.80. The largest absolute Gasteiger partial charge is 0.383 e. The number of hydrogen-bond donors (Lipinski definition) is 1. The Labute approximate surface area is 123 Å². The molecule has 1 atom stereocenters. The fraction of sp³-hybridized carbons (Fsp3) is 0.308. The Bertz CT molecular complexity index is 736. The summed E-state index contributed by atoms with van der Waals surface area (Å²) in [6.45, 7) is 3.71. The molecule has 2 aromatic rings. The fourth-order valence-corrected chi connectivity index (χ4v) is 2.73. The molecule has 0 spiro atoms. The Balaban J connectivity index is 2.39. The molecule has 1 heterocycles. The van der Waals surface area contributed by atoms with Gasteiger partial charge in [0.1, 0.15) is 10.8 Å². The Morgan fingerprint density at radius 3 is 2.25 bits per heavy atom. The number of rotatable bonds is 3. The van der Waals surface area contributed by atoms with Gasteiger partial charge in [-0.05, 0) is 31.5 Å². The quantitative estimate of drug-likeness (QED) is 0.944. The topological polar surface area (TPSA) is 78.0 Å². The number of halogens is 1. The summed E-state index contributed by atoms with van der Waals surface area (Å²) in [5.74, 6) is 0.406. The highest BCUT2D eigenvalue weighted by Crippen LogP contribution is 2.28. The third kappa shape index (κ3) is 2.66. The van der Waals surface area contributed by atoms with Gasteiger partial charge in [0.2, 0.25) is 0 Å². The van der Waals surface area contributed by atoms with Crippen molar-refractivity contribution in [2.24, 2.45) is 0 Å². The van der Waals surface area contributed by atoms with Crippen molar-refractivity contribution < 1.29 is 8.42 Å². The molecule has 0 amide bonds. The summed E-state index contributed by atoms with van der Waals surface area (Å²) < 4.78 is 24.5. The van der Waals surface area contributed by atoms with Gasteiger partial charge >= 0.3 is 0 Å². The maximum Gasteiger partial charge on any atom is 0.175 e. The van der Waals surface area contributed by atoms with E-state index in [-0.39, 0.29) is 10.9 Å². The van der Waals surface area contributed by atoms with Crippen molar-refractivity contribution in [1.29, 1.82) is 0 Å². The second-order valence-corrected chi connectivity index (χ2v) is 7.14. The van der Waals surface area contributed by atoms with Gasteiger partial charge in [-0.3, -0.25) is 0 Å². The second-order valence-electron chi connectivity index (χ2n) is 4.75. The van der Waals surface area contributed by atoms with Crippen molar-refractivity contribution in [3.05, 3.63) is 40.5 Å². The van der Waals surface area contributed by atoms with Gasteiger partial charge < -0.3 is 5.73 Å². The van der Waals surface area contributed by atoms with Crippen LogP contribution in [0.15, 0.2) is 29.2 Å². The summed E-state index contributed by atoms with van der Waals surface area (Å²) in [4.78, 5) is 0.288. The van der Waals surface area contributed by atoms with Crippen molar-refractivity contribution >= 4 is 27.3 Å². The van der Waals surface area contributed by atoms with E-state index in [2.05, 4.69) is 5.10 Å². The average Bonchev–Trinajstić information content (AvgIpc) is 2.65. The number of anilines is 1. The Morgan fingerprint density at radius 2 is 1.85 bits per heavy atom. The predicted molar refractivity (Wildman–Crippen MR) is 79.8 cm³/mol. The minimum absolute atomic E-state index is 0.130. The van der Waals surface area contributed by atoms with Gasteiger partial charge in [0, 0.05) is 6.26 Å². The zero-order valence-electron chi connectivity index (χ0n) is 11.5. The van der Waals surface area contributed by atoms with Crippen LogP contribution in [-0.4, -0.2) is 24.5 Å². The molecule has 0 radical (unpaired) electrons. The van der Waals surface area contributed by atoms with Gasteiger partial charge in [-0.1, -0.05) is 23.7 Å². The van der Waals surface area contributed by atoms with Crippen LogP contribution in [0.5, 0.6) is 0 Å². The number of hydrogen-bond acceptors (Lipinski definition) is 4. The van der Waals surface area contributed by atoms with Crippen LogP contribution in [0.1, 0.15) is 24.2 Å². The molecule has 2 rings (SSSR count). The number of nitrogen functional groups attached to an aromatic ring is 1. The van der Waals surface area contributed by atoms with Crippen LogP contribution >= 0.6 is 11.6 Å². The van der Waals surface area contributed by atoms with E-state index in [0.717, 1.165) is 5.56 Å². The van der Waals surface area contributed by atoms with Gasteiger partial charge in [0.05, 0.1) is 16.6 Å². The first-order valence-electron chi connectivity index (χ1n) is 6.02. The monoisotopic (exact) mass is 313 g/mol. The molecular weight excluding hydrogens is 298 g/mol. The average molecular weight is 314 g/mol. The number of aryl methyl sites for hydroxylation is 1. The molecule has 0 fully saturated rings. The van der Waals surface area contributed by atoms with E-state index in [4.69, 9.17) is 17.3 Å². The van der Waals surface area contributed by atoms with E-state index in [1.54, 1.807) is 35.9 Å². The summed E-state index contributed by atoms with van der Waals surface area (Å²) in [7, 11) is -3.19. The first-order valence-corrected chi connectivity index (χ1v) is 8.29. The molecule has 2 N–H and O–H groups in total. The number of benzene rings is 1. The van der Waals surface area contributed by atoms with Gasteiger partial charge in [-0.2, -0.15) is 5.10 Å². The fourth-order valence-electron chi connectivity index (χ4n) is 1.98. The number of sulfone groups is 1. The Hall–Kier alpha value is -1.53. The Kier molecular flexibility index (Phi) is 3.80. The van der Waals surface area contributed by atoms with Crippen LogP contribution in [0.25, 0.3) is 0 Å². The van der Waals surface area contributed by atoms with Crippen LogP contribution in [0.3, 0.4) is 0 Å². The molecule has 5 nitrogen and oxygen atoms in total. The van der Waals surface area contributed by atoms with Gasteiger partial charge in [-0.25, -0.2) is 13.1 Å². The van der Waals surface area contributed by atoms with Crippen LogP contribution in [0, 0.1) is 6.92 Å². The zero-order valence-corrected chi connectivity index (χ0v) is 13.0. The van der Waals surface area contributed by atoms with Crippen molar-refractivity contribution in [1.82, 2.24) is 9.78 Å². The molecule has 1 aromatic heterocycles. The smallest absolute Gasteiger partial charge is 0.175 e. The maximum absolute atomic E-state index is 11.4. The lowest BCUT2D eigenvalue weighted by atomic mass is 10.1. The highest BCUT2D eigenvalue weighted by atomic mass is 35.5. The molecule has 7 heteroatoms. The standard InChI is InChI=1S/C13H16ClN3O2S/c1-8-12(14)13(15)17(16-8)9(2)10-4-6-11(7-5-10)20(3,18)19/h4-7,9H,15H2,1-3H3. The molecule has 1 aromatic carbocycles. The van der Waals surface area contributed by atoms with E-state index in [1.807, 2.05) is 6.92 Å². The van der Waals surface area contributed by atoms with Gasteiger partial charge in [0.25, 0.3) is 0 Å². The third-order valence-electron chi connectivity index (χ3n) is 3.20. The number of aromatic nitrogens is 2. The van der Waals surface area contributed by atoms with Crippen LogP contribution < -0.4 is 5.73 Å². The first-order chi connectivity index (χ1) is 9.21. The lowest BCUT2D eigenvalue weighted by Crippen LogP contribution is -2.12. The summed E-state index contributed by atoms with van der Waals surface area (Å²) >= 11 is 6.03. The van der Waals surface area contributed by atoms with Crippen molar-refractivity contribution in [2.45, 2.75) is 24.8 Å². The molecule has 1 unspecified atom stereocenters. The van der Waals surface area contributed by atoms with Crippen LogP contribution in [0.2, 0.25) is 5.02 Å². The van der Waals surface area contributed by atoms with Crippen molar-refractivity contribution in [2.75, 3.05) is 12.0 Å². The van der Waals surface area contributed by atoms with E-state index in [9.17, 15) is 8.42 Å². The van der Waals surface area contributed by atoms with Gasteiger partial charge in [0.15, 0.2) is 9.84 Å². The van der Waals surface area contributed by atoms with Crippen LogP contribution in [-0.2, 0) is 9.84 Å². The minimum atomic E-state index is -3.19. The van der Waals surface area contributed by atoms with E-state index in [1.165, 1.54) is 6.26 Å². The number of nitrogens with two attached hydrogens (primary N) is 1.